The zero-order chi connectivity index (χ0) is 12.4. The van der Waals surface area contributed by atoms with Crippen molar-refractivity contribution < 1.29 is 15.0 Å². The van der Waals surface area contributed by atoms with Gasteiger partial charge in [-0.15, -0.1) is 0 Å². The van der Waals surface area contributed by atoms with Gasteiger partial charge in [0.1, 0.15) is 0 Å². The van der Waals surface area contributed by atoms with Crippen molar-refractivity contribution in [3.8, 4) is 0 Å². The van der Waals surface area contributed by atoms with E-state index in [9.17, 15) is 9.90 Å². The Kier molecular flexibility index (Phi) is 3.33. The molecule has 1 heterocycles. The fourth-order valence-corrected chi connectivity index (χ4v) is 2.18. The van der Waals surface area contributed by atoms with Crippen LogP contribution in [0.4, 0.5) is 5.69 Å². The molecule has 0 aliphatic carbocycles. The van der Waals surface area contributed by atoms with Crippen LogP contribution in [-0.4, -0.2) is 35.4 Å². The maximum Gasteiger partial charge on any atom is 0.335 e. The molecule has 0 radical (unpaired) electrons. The quantitative estimate of drug-likeness (QED) is 0.817. The third-order valence-electron chi connectivity index (χ3n) is 3.34. The van der Waals surface area contributed by atoms with Crippen LogP contribution in [0.5, 0.6) is 0 Å². The highest BCUT2D eigenvalue weighted by Crippen LogP contribution is 2.23. The zero-order valence-electron chi connectivity index (χ0n) is 9.84. The first-order chi connectivity index (χ1) is 8.08. The largest absolute Gasteiger partial charge is 0.478 e. The second-order valence-corrected chi connectivity index (χ2v) is 4.63. The van der Waals surface area contributed by atoms with E-state index in [1.165, 1.54) is 0 Å². The lowest BCUT2D eigenvalue weighted by Gasteiger charge is -2.36. The number of carboxylic acid groups (broad SMARTS) is 1. The van der Waals surface area contributed by atoms with E-state index in [4.69, 9.17) is 5.11 Å². The zero-order valence-corrected chi connectivity index (χ0v) is 9.84. The fourth-order valence-electron chi connectivity index (χ4n) is 2.18. The molecule has 0 bridgehead atoms. The van der Waals surface area contributed by atoms with E-state index >= 15 is 0 Å². The van der Waals surface area contributed by atoms with E-state index in [0.29, 0.717) is 5.56 Å². The van der Waals surface area contributed by atoms with E-state index in [1.807, 2.05) is 19.1 Å². The molecule has 0 saturated carbocycles. The summed E-state index contributed by atoms with van der Waals surface area (Å²) in [6.45, 7) is 3.66. The van der Waals surface area contributed by atoms with Gasteiger partial charge in [-0.1, -0.05) is 6.92 Å². The summed E-state index contributed by atoms with van der Waals surface area (Å²) in [5.74, 6) is -0.651. The molecule has 4 heteroatoms. The molecule has 2 rings (SSSR count). The normalized spacial score (nSPS) is 24.7. The highest BCUT2D eigenvalue weighted by molar-refractivity contribution is 5.88. The molecular formula is C13H17NO3. The molecule has 1 fully saturated rings. The number of rotatable bonds is 2. The van der Waals surface area contributed by atoms with Gasteiger partial charge in [-0.05, 0) is 36.6 Å². The summed E-state index contributed by atoms with van der Waals surface area (Å²) in [5.41, 5.74) is 1.33. The summed E-state index contributed by atoms with van der Waals surface area (Å²) < 4.78 is 0. The molecule has 1 aromatic rings. The van der Waals surface area contributed by atoms with Crippen molar-refractivity contribution >= 4 is 11.7 Å². The van der Waals surface area contributed by atoms with Crippen molar-refractivity contribution in [3.05, 3.63) is 29.8 Å². The Morgan fingerprint density at radius 3 is 2.53 bits per heavy atom. The molecule has 92 valence electrons. The molecular weight excluding hydrogens is 218 g/mol. The first kappa shape index (κ1) is 11.9. The molecule has 0 unspecified atom stereocenters. The standard InChI is InChI=1S/C13H17NO3/c1-9-8-14(7-6-12(9)15)11-4-2-10(3-5-11)13(16)17/h2-5,9,12,15H,6-8H2,1H3,(H,16,17)/t9-,12-/m0/s1. The number of hydrogen-bond acceptors (Lipinski definition) is 3. The second kappa shape index (κ2) is 4.75. The summed E-state index contributed by atoms with van der Waals surface area (Å²) in [5, 5.41) is 18.5. The summed E-state index contributed by atoms with van der Waals surface area (Å²) >= 11 is 0. The van der Waals surface area contributed by atoms with Gasteiger partial charge in [-0.25, -0.2) is 4.79 Å². The maximum atomic E-state index is 10.7. The van der Waals surface area contributed by atoms with Crippen LogP contribution in [0.3, 0.4) is 0 Å². The number of carboxylic acids is 1. The Hall–Kier alpha value is -1.55. The van der Waals surface area contributed by atoms with Crippen molar-refractivity contribution in [2.24, 2.45) is 5.92 Å². The van der Waals surface area contributed by atoms with Crippen LogP contribution >= 0.6 is 0 Å². The van der Waals surface area contributed by atoms with Gasteiger partial charge in [0.15, 0.2) is 0 Å². The number of aliphatic hydroxyl groups is 1. The Balaban J connectivity index is 2.10. The van der Waals surface area contributed by atoms with E-state index in [0.717, 1.165) is 25.2 Å². The average molecular weight is 235 g/mol. The molecule has 17 heavy (non-hydrogen) atoms. The molecule has 4 nitrogen and oxygen atoms in total. The first-order valence-corrected chi connectivity index (χ1v) is 5.84. The smallest absolute Gasteiger partial charge is 0.335 e. The topological polar surface area (TPSA) is 60.8 Å². The third-order valence-corrected chi connectivity index (χ3v) is 3.34. The van der Waals surface area contributed by atoms with Crippen LogP contribution in [0, 0.1) is 5.92 Å². The number of anilines is 1. The molecule has 0 aromatic heterocycles. The Labute approximate surface area is 100 Å². The van der Waals surface area contributed by atoms with Gasteiger partial charge in [0, 0.05) is 18.8 Å². The van der Waals surface area contributed by atoms with E-state index in [-0.39, 0.29) is 12.0 Å². The average Bonchev–Trinajstić information content (AvgIpc) is 2.33. The summed E-state index contributed by atoms with van der Waals surface area (Å²) in [7, 11) is 0. The number of aromatic carboxylic acids is 1. The van der Waals surface area contributed by atoms with Gasteiger partial charge >= 0.3 is 5.97 Å². The van der Waals surface area contributed by atoms with Crippen LogP contribution in [0.2, 0.25) is 0 Å². The minimum Gasteiger partial charge on any atom is -0.478 e. The lowest BCUT2D eigenvalue weighted by molar-refractivity contribution is 0.0697. The summed E-state index contributed by atoms with van der Waals surface area (Å²) in [6.07, 6.45) is 0.548. The van der Waals surface area contributed by atoms with Gasteiger partial charge in [0.05, 0.1) is 11.7 Å². The Morgan fingerprint density at radius 2 is 2.00 bits per heavy atom. The molecule has 1 aromatic carbocycles. The van der Waals surface area contributed by atoms with Crippen LogP contribution < -0.4 is 4.90 Å². The predicted octanol–water partition coefficient (Wildman–Crippen LogP) is 1.59. The van der Waals surface area contributed by atoms with E-state index in [2.05, 4.69) is 4.90 Å². The maximum absolute atomic E-state index is 10.7. The summed E-state index contributed by atoms with van der Waals surface area (Å²) in [6, 6.07) is 6.89. The number of benzene rings is 1. The van der Waals surface area contributed by atoms with Crippen LogP contribution in [0.25, 0.3) is 0 Å². The number of piperidine rings is 1. The van der Waals surface area contributed by atoms with Gasteiger partial charge < -0.3 is 15.1 Å². The lowest BCUT2D eigenvalue weighted by Crippen LogP contribution is -2.41. The first-order valence-electron chi connectivity index (χ1n) is 5.84. The lowest BCUT2D eigenvalue weighted by atomic mass is 9.96. The van der Waals surface area contributed by atoms with Crippen molar-refractivity contribution in [2.75, 3.05) is 18.0 Å². The number of carbonyl (C=O) groups is 1. The molecule has 1 saturated heterocycles. The van der Waals surface area contributed by atoms with Gasteiger partial charge in [0.25, 0.3) is 0 Å². The third kappa shape index (κ3) is 2.58. The van der Waals surface area contributed by atoms with Crippen LogP contribution in [0.1, 0.15) is 23.7 Å². The highest BCUT2D eigenvalue weighted by atomic mass is 16.4. The second-order valence-electron chi connectivity index (χ2n) is 4.63. The number of aliphatic hydroxyl groups excluding tert-OH is 1. The predicted molar refractivity (Wildman–Crippen MR) is 65.4 cm³/mol. The monoisotopic (exact) mass is 235 g/mol. The molecule has 2 N–H and O–H groups in total. The van der Waals surface area contributed by atoms with Crippen LogP contribution in [0.15, 0.2) is 24.3 Å². The SMILES string of the molecule is C[C@H]1CN(c2ccc(C(=O)O)cc2)CC[C@@H]1O. The number of nitrogens with zero attached hydrogens (tertiary/aromatic N) is 1. The van der Waals surface area contributed by atoms with Gasteiger partial charge in [0.2, 0.25) is 0 Å². The molecule has 0 spiro atoms. The van der Waals surface area contributed by atoms with E-state index < -0.39 is 5.97 Å². The summed E-state index contributed by atoms with van der Waals surface area (Å²) in [4.78, 5) is 12.9. The molecule has 2 atom stereocenters. The molecule has 1 aliphatic heterocycles. The van der Waals surface area contributed by atoms with Crippen molar-refractivity contribution in [1.82, 2.24) is 0 Å². The molecule has 1 aliphatic rings. The van der Waals surface area contributed by atoms with Crippen molar-refractivity contribution in [2.45, 2.75) is 19.4 Å². The highest BCUT2D eigenvalue weighted by Gasteiger charge is 2.24. The molecule has 0 amide bonds. The minimum absolute atomic E-state index is 0.218. The van der Waals surface area contributed by atoms with Gasteiger partial charge in [-0.2, -0.15) is 0 Å². The minimum atomic E-state index is -0.904. The Morgan fingerprint density at radius 1 is 1.35 bits per heavy atom. The fraction of sp³-hybridized carbons (Fsp3) is 0.462. The van der Waals surface area contributed by atoms with Crippen molar-refractivity contribution in [3.63, 3.8) is 0 Å². The van der Waals surface area contributed by atoms with E-state index in [1.54, 1.807) is 12.1 Å². The number of hydrogen-bond donors (Lipinski definition) is 2. The van der Waals surface area contributed by atoms with Gasteiger partial charge in [-0.3, -0.25) is 0 Å². The van der Waals surface area contributed by atoms with Crippen molar-refractivity contribution in [1.29, 1.82) is 0 Å². The Bertz CT molecular complexity index is 402. The van der Waals surface area contributed by atoms with Crippen LogP contribution in [-0.2, 0) is 0 Å².